The Balaban J connectivity index is 2.52. The van der Waals surface area contributed by atoms with Crippen molar-refractivity contribution in [2.75, 3.05) is 0 Å². The molecular formula is C13H12Br2N2. The van der Waals surface area contributed by atoms with Gasteiger partial charge in [-0.2, -0.15) is 0 Å². The summed E-state index contributed by atoms with van der Waals surface area (Å²) in [6.45, 7) is 4.18. The summed E-state index contributed by atoms with van der Waals surface area (Å²) in [4.78, 5) is 8.96. The maximum absolute atomic E-state index is 4.58. The second kappa shape index (κ2) is 5.27. The van der Waals surface area contributed by atoms with Crippen molar-refractivity contribution >= 4 is 31.9 Å². The molecule has 0 amide bonds. The van der Waals surface area contributed by atoms with Crippen molar-refractivity contribution in [1.82, 2.24) is 9.97 Å². The van der Waals surface area contributed by atoms with Gasteiger partial charge >= 0.3 is 0 Å². The van der Waals surface area contributed by atoms with Gasteiger partial charge in [-0.1, -0.05) is 41.9 Å². The summed E-state index contributed by atoms with van der Waals surface area (Å²) in [5.74, 6) is 1.17. The first-order chi connectivity index (χ1) is 8.06. The van der Waals surface area contributed by atoms with Crippen LogP contribution < -0.4 is 0 Å². The highest BCUT2D eigenvalue weighted by atomic mass is 79.9. The van der Waals surface area contributed by atoms with Gasteiger partial charge in [-0.25, -0.2) is 9.97 Å². The molecule has 0 atom stereocenters. The van der Waals surface area contributed by atoms with E-state index in [1.54, 1.807) is 0 Å². The number of hydrogen-bond acceptors (Lipinski definition) is 2. The number of halogens is 2. The summed E-state index contributed by atoms with van der Waals surface area (Å²) in [5, 5.41) is 0. The molecule has 0 unspecified atom stereocenters. The van der Waals surface area contributed by atoms with Crippen LogP contribution >= 0.6 is 31.9 Å². The molecule has 2 rings (SSSR count). The molecule has 0 aliphatic rings. The van der Waals surface area contributed by atoms with Crippen LogP contribution in [-0.4, -0.2) is 9.97 Å². The van der Waals surface area contributed by atoms with Gasteiger partial charge in [0, 0.05) is 16.0 Å². The van der Waals surface area contributed by atoms with Crippen LogP contribution in [0.25, 0.3) is 11.3 Å². The Bertz CT molecular complexity index is 539. The van der Waals surface area contributed by atoms with Crippen LogP contribution in [0.3, 0.4) is 0 Å². The largest absolute Gasteiger partial charge is 0.233 e. The molecule has 0 radical (unpaired) electrons. The Morgan fingerprint density at radius 2 is 1.82 bits per heavy atom. The van der Waals surface area contributed by atoms with Gasteiger partial charge in [-0.3, -0.25) is 0 Å². The molecule has 1 aromatic heterocycles. The first kappa shape index (κ1) is 12.7. The summed E-state index contributed by atoms with van der Waals surface area (Å²) >= 11 is 6.90. The van der Waals surface area contributed by atoms with E-state index in [2.05, 4.69) is 61.7 Å². The van der Waals surface area contributed by atoms with E-state index >= 15 is 0 Å². The Morgan fingerprint density at radius 3 is 2.47 bits per heavy atom. The summed E-state index contributed by atoms with van der Waals surface area (Å²) in [5.41, 5.74) is 2.03. The maximum atomic E-state index is 4.58. The summed E-state index contributed by atoms with van der Waals surface area (Å²) in [6.07, 6.45) is 0. The van der Waals surface area contributed by atoms with E-state index in [4.69, 9.17) is 0 Å². The predicted octanol–water partition coefficient (Wildman–Crippen LogP) is 4.79. The highest BCUT2D eigenvalue weighted by Crippen LogP contribution is 2.24. The number of hydrogen-bond donors (Lipinski definition) is 0. The Hall–Kier alpha value is -0.740. The average molecular weight is 356 g/mol. The molecule has 17 heavy (non-hydrogen) atoms. The third-order valence-electron chi connectivity index (χ3n) is 2.35. The Kier molecular flexibility index (Phi) is 3.94. The molecule has 1 heterocycles. The number of nitrogens with zero attached hydrogens (tertiary/aromatic N) is 2. The fourth-order valence-corrected chi connectivity index (χ4v) is 2.29. The molecule has 0 aliphatic carbocycles. The van der Waals surface area contributed by atoms with Crippen molar-refractivity contribution in [2.24, 2.45) is 0 Å². The van der Waals surface area contributed by atoms with Crippen LogP contribution in [0.15, 0.2) is 39.4 Å². The van der Waals surface area contributed by atoms with Gasteiger partial charge in [0.15, 0.2) is 0 Å². The Labute approximate surface area is 118 Å². The van der Waals surface area contributed by atoms with Gasteiger partial charge in [-0.15, -0.1) is 0 Å². The third kappa shape index (κ3) is 3.13. The van der Waals surface area contributed by atoms with Gasteiger partial charge < -0.3 is 0 Å². The minimum Gasteiger partial charge on any atom is -0.233 e. The third-order valence-corrected chi connectivity index (χ3v) is 3.25. The lowest BCUT2D eigenvalue weighted by Crippen LogP contribution is -1.99. The lowest BCUT2D eigenvalue weighted by Gasteiger charge is -2.08. The van der Waals surface area contributed by atoms with Crippen LogP contribution in [0.2, 0.25) is 0 Å². The van der Waals surface area contributed by atoms with Crippen molar-refractivity contribution in [3.05, 3.63) is 45.2 Å². The van der Waals surface area contributed by atoms with Gasteiger partial charge in [0.25, 0.3) is 0 Å². The van der Waals surface area contributed by atoms with Gasteiger partial charge in [-0.05, 0) is 34.1 Å². The average Bonchev–Trinajstić information content (AvgIpc) is 2.28. The molecule has 1 aromatic carbocycles. The molecule has 0 spiro atoms. The Morgan fingerprint density at radius 1 is 1.06 bits per heavy atom. The number of rotatable bonds is 2. The summed E-state index contributed by atoms with van der Waals surface area (Å²) in [7, 11) is 0. The fraction of sp³-hybridized carbons (Fsp3) is 0.231. The molecule has 2 aromatic rings. The zero-order valence-corrected chi connectivity index (χ0v) is 12.8. The number of aromatic nitrogens is 2. The monoisotopic (exact) mass is 354 g/mol. The van der Waals surface area contributed by atoms with E-state index in [0.29, 0.717) is 5.92 Å². The minimum absolute atomic E-state index is 0.318. The molecular weight excluding hydrogens is 344 g/mol. The molecule has 0 saturated heterocycles. The second-order valence-corrected chi connectivity index (χ2v) is 5.83. The van der Waals surface area contributed by atoms with E-state index < -0.39 is 0 Å². The molecule has 2 nitrogen and oxygen atoms in total. The molecule has 88 valence electrons. The van der Waals surface area contributed by atoms with Crippen molar-refractivity contribution < 1.29 is 0 Å². The number of benzene rings is 1. The molecule has 0 fully saturated rings. The van der Waals surface area contributed by atoms with E-state index in [0.717, 1.165) is 26.2 Å². The zero-order chi connectivity index (χ0) is 12.4. The van der Waals surface area contributed by atoms with E-state index in [-0.39, 0.29) is 0 Å². The van der Waals surface area contributed by atoms with Crippen molar-refractivity contribution in [1.29, 1.82) is 0 Å². The summed E-state index contributed by atoms with van der Waals surface area (Å²) in [6, 6.07) is 10.0. The lowest BCUT2D eigenvalue weighted by atomic mass is 10.1. The van der Waals surface area contributed by atoms with E-state index in [1.807, 2.05) is 24.3 Å². The van der Waals surface area contributed by atoms with E-state index in [9.17, 15) is 0 Å². The quantitative estimate of drug-likeness (QED) is 0.723. The van der Waals surface area contributed by atoms with Crippen LogP contribution in [0.5, 0.6) is 0 Å². The normalized spacial score (nSPS) is 10.9. The highest BCUT2D eigenvalue weighted by Gasteiger charge is 2.08. The second-order valence-electron chi connectivity index (χ2n) is 4.10. The highest BCUT2D eigenvalue weighted by molar-refractivity contribution is 9.10. The van der Waals surface area contributed by atoms with Crippen LogP contribution in [0.4, 0.5) is 0 Å². The predicted molar refractivity (Wildman–Crippen MR) is 77.0 cm³/mol. The van der Waals surface area contributed by atoms with Gasteiger partial charge in [0.05, 0.1) is 5.69 Å². The standard InChI is InChI=1S/C13H12Br2N2/c1-8(2)13-16-11(7-12(15)17-13)9-4-3-5-10(14)6-9/h3-8H,1-2H3. The smallest absolute Gasteiger partial charge is 0.132 e. The SMILES string of the molecule is CC(C)c1nc(Br)cc(-c2cccc(Br)c2)n1. The topological polar surface area (TPSA) is 25.8 Å². The van der Waals surface area contributed by atoms with Crippen LogP contribution in [0, 0.1) is 0 Å². The minimum atomic E-state index is 0.318. The molecule has 0 aliphatic heterocycles. The molecule has 0 N–H and O–H groups in total. The van der Waals surface area contributed by atoms with Crippen LogP contribution in [0.1, 0.15) is 25.6 Å². The maximum Gasteiger partial charge on any atom is 0.132 e. The van der Waals surface area contributed by atoms with Gasteiger partial charge in [0.1, 0.15) is 10.4 Å². The fourth-order valence-electron chi connectivity index (χ4n) is 1.49. The lowest BCUT2D eigenvalue weighted by molar-refractivity contribution is 0.771. The van der Waals surface area contributed by atoms with Crippen molar-refractivity contribution in [3.8, 4) is 11.3 Å². The van der Waals surface area contributed by atoms with Crippen molar-refractivity contribution in [3.63, 3.8) is 0 Å². The van der Waals surface area contributed by atoms with Gasteiger partial charge in [0.2, 0.25) is 0 Å². The van der Waals surface area contributed by atoms with Crippen LogP contribution in [-0.2, 0) is 0 Å². The molecule has 4 heteroatoms. The molecule has 0 bridgehead atoms. The first-order valence-electron chi connectivity index (χ1n) is 5.36. The van der Waals surface area contributed by atoms with Crippen molar-refractivity contribution in [2.45, 2.75) is 19.8 Å². The zero-order valence-electron chi connectivity index (χ0n) is 9.61. The molecule has 0 saturated carbocycles. The first-order valence-corrected chi connectivity index (χ1v) is 6.95. The van der Waals surface area contributed by atoms with E-state index in [1.165, 1.54) is 0 Å². The summed E-state index contributed by atoms with van der Waals surface area (Å²) < 4.78 is 1.88.